The van der Waals surface area contributed by atoms with E-state index in [-0.39, 0.29) is 18.9 Å². The molecule has 1 amide bonds. The molecule has 0 bridgehead atoms. The molecule has 0 aliphatic carbocycles. The average molecular weight is 381 g/mol. The zero-order chi connectivity index (χ0) is 19.8. The summed E-state index contributed by atoms with van der Waals surface area (Å²) in [6.45, 7) is 1.02. The molecular weight excluding hydrogens is 358 g/mol. The van der Waals surface area contributed by atoms with Crippen LogP contribution in [-0.2, 0) is 20.7 Å². The number of para-hydroxylation sites is 2. The maximum absolute atomic E-state index is 11.9. The fraction of sp³-hybridized carbons (Fsp3) is 0.286. The van der Waals surface area contributed by atoms with Crippen LogP contribution in [0.2, 0.25) is 0 Å². The highest BCUT2D eigenvalue weighted by Crippen LogP contribution is 2.18. The molecule has 7 nitrogen and oxygen atoms in total. The Balaban J connectivity index is 1.33. The summed E-state index contributed by atoms with van der Waals surface area (Å²) in [5, 5.41) is 7.41. The van der Waals surface area contributed by atoms with Gasteiger partial charge in [-0.15, -0.1) is 0 Å². The number of anilines is 1. The van der Waals surface area contributed by atoms with E-state index in [1.807, 2.05) is 55.6 Å². The number of nitrogens with one attached hydrogen (secondary N) is 1. The minimum absolute atomic E-state index is 0.0356. The fourth-order valence-electron chi connectivity index (χ4n) is 2.81. The highest BCUT2D eigenvalue weighted by molar-refractivity contribution is 5.85. The summed E-state index contributed by atoms with van der Waals surface area (Å²) in [6, 6.07) is 17.3. The number of nitrogens with zero attached hydrogens (tertiary/aromatic N) is 2. The molecule has 146 valence electrons. The quantitative estimate of drug-likeness (QED) is 0.453. The fourth-order valence-corrected chi connectivity index (χ4v) is 2.81. The molecule has 28 heavy (non-hydrogen) atoms. The molecule has 7 heteroatoms. The van der Waals surface area contributed by atoms with Crippen LogP contribution in [0, 0.1) is 0 Å². The van der Waals surface area contributed by atoms with E-state index in [9.17, 15) is 9.59 Å². The van der Waals surface area contributed by atoms with E-state index < -0.39 is 5.97 Å². The molecule has 1 N–H and O–H groups in total. The second-order valence-electron chi connectivity index (χ2n) is 6.42. The summed E-state index contributed by atoms with van der Waals surface area (Å²) in [5.41, 5.74) is 2.25. The Morgan fingerprint density at radius 1 is 1.11 bits per heavy atom. The number of hydrogen-bond donors (Lipinski definition) is 1. The summed E-state index contributed by atoms with van der Waals surface area (Å²) in [4.78, 5) is 25.9. The molecule has 2 aromatic carbocycles. The number of ether oxygens (including phenoxy) is 1. The van der Waals surface area contributed by atoms with E-state index in [0.717, 1.165) is 24.0 Å². The number of rotatable bonds is 9. The van der Waals surface area contributed by atoms with Crippen LogP contribution in [0.4, 0.5) is 5.69 Å². The molecule has 0 spiro atoms. The summed E-state index contributed by atoms with van der Waals surface area (Å²) < 4.78 is 10.2. The first kappa shape index (κ1) is 19.4. The predicted octanol–water partition coefficient (Wildman–Crippen LogP) is 2.56. The van der Waals surface area contributed by atoms with Crippen LogP contribution >= 0.6 is 0 Å². The lowest BCUT2D eigenvalue weighted by molar-refractivity contribution is -0.147. The molecule has 3 aromatic rings. The second kappa shape index (κ2) is 9.55. The van der Waals surface area contributed by atoms with Crippen molar-refractivity contribution < 1.29 is 18.8 Å². The standard InChI is InChI=1S/C21H23N3O4/c1-24(16-8-3-2-4-9-16)13-7-12-22-20(25)15-27-21(26)14-18-17-10-5-6-11-19(17)28-23-18/h2-6,8-11H,7,12-15H2,1H3,(H,22,25). The maximum Gasteiger partial charge on any atom is 0.312 e. The first-order valence-electron chi connectivity index (χ1n) is 9.15. The third-order valence-corrected chi connectivity index (χ3v) is 4.32. The van der Waals surface area contributed by atoms with Crippen molar-refractivity contribution in [2.24, 2.45) is 0 Å². The molecule has 0 aliphatic rings. The Bertz CT molecular complexity index is 924. The topological polar surface area (TPSA) is 84.7 Å². The summed E-state index contributed by atoms with van der Waals surface area (Å²) in [7, 11) is 2.01. The number of aromatic nitrogens is 1. The van der Waals surface area contributed by atoms with E-state index in [4.69, 9.17) is 9.26 Å². The van der Waals surface area contributed by atoms with Gasteiger partial charge in [-0.1, -0.05) is 35.5 Å². The van der Waals surface area contributed by atoms with Gasteiger partial charge in [-0.2, -0.15) is 0 Å². The van der Waals surface area contributed by atoms with Crippen LogP contribution < -0.4 is 10.2 Å². The number of amides is 1. The van der Waals surface area contributed by atoms with Crippen LogP contribution in [0.15, 0.2) is 59.1 Å². The molecule has 0 saturated heterocycles. The van der Waals surface area contributed by atoms with Crippen LogP contribution in [0.3, 0.4) is 0 Å². The molecule has 0 fully saturated rings. The Morgan fingerprint density at radius 3 is 2.68 bits per heavy atom. The van der Waals surface area contributed by atoms with E-state index in [2.05, 4.69) is 15.4 Å². The third-order valence-electron chi connectivity index (χ3n) is 4.32. The highest BCUT2D eigenvalue weighted by atomic mass is 16.5. The molecule has 3 rings (SSSR count). The van der Waals surface area contributed by atoms with Crippen molar-refractivity contribution in [1.82, 2.24) is 10.5 Å². The second-order valence-corrected chi connectivity index (χ2v) is 6.42. The van der Waals surface area contributed by atoms with Crippen LogP contribution in [0.1, 0.15) is 12.1 Å². The molecule has 0 unspecified atom stereocenters. The predicted molar refractivity (Wildman–Crippen MR) is 106 cm³/mol. The van der Waals surface area contributed by atoms with Crippen molar-refractivity contribution in [1.29, 1.82) is 0 Å². The minimum Gasteiger partial charge on any atom is -0.455 e. The molecule has 0 radical (unpaired) electrons. The van der Waals surface area contributed by atoms with Gasteiger partial charge in [0.25, 0.3) is 5.91 Å². The van der Waals surface area contributed by atoms with Crippen molar-refractivity contribution in [2.75, 3.05) is 31.6 Å². The molecule has 0 saturated carbocycles. The average Bonchev–Trinajstić information content (AvgIpc) is 3.13. The number of hydrogen-bond acceptors (Lipinski definition) is 6. The summed E-state index contributed by atoms with van der Waals surface area (Å²) in [5.74, 6) is -0.835. The van der Waals surface area contributed by atoms with Gasteiger partial charge in [0.15, 0.2) is 12.2 Å². The Hall–Kier alpha value is -3.35. The van der Waals surface area contributed by atoms with Gasteiger partial charge in [-0.25, -0.2) is 0 Å². The first-order valence-corrected chi connectivity index (χ1v) is 9.15. The minimum atomic E-state index is -0.516. The van der Waals surface area contributed by atoms with Gasteiger partial charge >= 0.3 is 5.97 Å². The van der Waals surface area contributed by atoms with E-state index >= 15 is 0 Å². The van der Waals surface area contributed by atoms with Gasteiger partial charge in [-0.3, -0.25) is 9.59 Å². The van der Waals surface area contributed by atoms with Crippen LogP contribution in [0.5, 0.6) is 0 Å². The largest absolute Gasteiger partial charge is 0.455 e. The Labute approximate surface area is 163 Å². The van der Waals surface area contributed by atoms with Gasteiger partial charge in [0.1, 0.15) is 5.69 Å². The lowest BCUT2D eigenvalue weighted by Gasteiger charge is -2.19. The summed E-state index contributed by atoms with van der Waals surface area (Å²) >= 11 is 0. The maximum atomic E-state index is 11.9. The lowest BCUT2D eigenvalue weighted by Crippen LogP contribution is -2.31. The molecule has 0 atom stereocenters. The van der Waals surface area contributed by atoms with Gasteiger partial charge in [0, 0.05) is 31.2 Å². The number of carbonyl (C=O) groups excluding carboxylic acids is 2. The number of fused-ring (bicyclic) bond motifs is 1. The van der Waals surface area contributed by atoms with E-state index in [0.29, 0.717) is 17.8 Å². The van der Waals surface area contributed by atoms with E-state index in [1.165, 1.54) is 0 Å². The van der Waals surface area contributed by atoms with Crippen molar-refractivity contribution >= 4 is 28.5 Å². The monoisotopic (exact) mass is 381 g/mol. The van der Waals surface area contributed by atoms with Gasteiger partial charge in [-0.05, 0) is 30.7 Å². The van der Waals surface area contributed by atoms with E-state index in [1.54, 1.807) is 6.07 Å². The van der Waals surface area contributed by atoms with Gasteiger partial charge in [0.05, 0.1) is 6.42 Å². The highest BCUT2D eigenvalue weighted by Gasteiger charge is 2.14. The molecular formula is C21H23N3O4. The smallest absolute Gasteiger partial charge is 0.312 e. The molecule has 1 aromatic heterocycles. The summed E-state index contributed by atoms with van der Waals surface area (Å²) in [6.07, 6.45) is 0.752. The number of esters is 1. The molecule has 1 heterocycles. The first-order chi connectivity index (χ1) is 13.6. The van der Waals surface area contributed by atoms with Crippen LogP contribution in [0.25, 0.3) is 11.0 Å². The zero-order valence-electron chi connectivity index (χ0n) is 15.8. The molecule has 0 aliphatic heterocycles. The Morgan fingerprint density at radius 2 is 1.86 bits per heavy atom. The Kier molecular flexibility index (Phi) is 6.62. The normalized spacial score (nSPS) is 10.6. The van der Waals surface area contributed by atoms with Gasteiger partial charge in [0.2, 0.25) is 0 Å². The van der Waals surface area contributed by atoms with Crippen molar-refractivity contribution in [3.05, 3.63) is 60.3 Å². The number of carbonyl (C=O) groups is 2. The van der Waals surface area contributed by atoms with Crippen molar-refractivity contribution in [3.8, 4) is 0 Å². The SMILES string of the molecule is CN(CCCNC(=O)COC(=O)Cc1noc2ccccc12)c1ccccc1. The van der Waals surface area contributed by atoms with Crippen LogP contribution in [-0.4, -0.2) is 43.8 Å². The zero-order valence-corrected chi connectivity index (χ0v) is 15.8. The van der Waals surface area contributed by atoms with Gasteiger partial charge < -0.3 is 19.5 Å². The lowest BCUT2D eigenvalue weighted by atomic mass is 10.2. The third kappa shape index (κ3) is 5.33. The van der Waals surface area contributed by atoms with Crippen molar-refractivity contribution in [2.45, 2.75) is 12.8 Å². The van der Waals surface area contributed by atoms with Crippen molar-refractivity contribution in [3.63, 3.8) is 0 Å². The number of benzene rings is 2.